The summed E-state index contributed by atoms with van der Waals surface area (Å²) in [6.07, 6.45) is -5.00. The smallest absolute Gasteiger partial charge is 0.450 e. The highest BCUT2D eigenvalue weighted by Crippen LogP contribution is 2.40. The fourth-order valence-electron chi connectivity index (χ4n) is 3.48. The summed E-state index contributed by atoms with van der Waals surface area (Å²) in [7, 11) is 2.69. The number of carbonyl (C=O) groups is 1. The first-order valence-electron chi connectivity index (χ1n) is 10.0. The molecule has 4 rings (SSSR count). The molecule has 0 radical (unpaired) electrons. The van der Waals surface area contributed by atoms with Crippen molar-refractivity contribution in [3.8, 4) is 28.4 Å². The van der Waals surface area contributed by atoms with Gasteiger partial charge in [-0.1, -0.05) is 29.8 Å². The number of halogens is 4. The van der Waals surface area contributed by atoms with Crippen molar-refractivity contribution in [1.29, 1.82) is 0 Å². The third-order valence-corrected chi connectivity index (χ3v) is 5.43. The molecule has 1 aromatic heterocycles. The van der Waals surface area contributed by atoms with Gasteiger partial charge >= 0.3 is 12.1 Å². The van der Waals surface area contributed by atoms with Crippen molar-refractivity contribution >= 4 is 28.5 Å². The Kier molecular flexibility index (Phi) is 6.45. The summed E-state index contributed by atoms with van der Waals surface area (Å²) < 4.78 is 62.5. The van der Waals surface area contributed by atoms with Crippen LogP contribution in [0.25, 0.3) is 22.1 Å². The maximum atomic E-state index is 14.0. The van der Waals surface area contributed by atoms with Gasteiger partial charge in [0.1, 0.15) is 11.3 Å². The standard InChI is InChI=1S/C25H16ClF3O6/c1-32-18-10-7-13(11-20(18)33-2)21-22(30)16-9-8-14(12-19(16)35-23(21)25(27,28)29)34-24(31)15-5-3-4-6-17(15)26/h3-12H,1-2H3. The number of hydrogen-bond acceptors (Lipinski definition) is 6. The molecular formula is C25H16ClF3O6. The van der Waals surface area contributed by atoms with Gasteiger partial charge in [0.05, 0.1) is 35.8 Å². The maximum Gasteiger partial charge on any atom is 0.450 e. The molecule has 0 unspecified atom stereocenters. The fraction of sp³-hybridized carbons (Fsp3) is 0.120. The topological polar surface area (TPSA) is 75.0 Å². The van der Waals surface area contributed by atoms with Gasteiger partial charge in [-0.05, 0) is 42.0 Å². The van der Waals surface area contributed by atoms with Crippen LogP contribution >= 0.6 is 11.6 Å². The highest BCUT2D eigenvalue weighted by atomic mass is 35.5. The van der Waals surface area contributed by atoms with Crippen LogP contribution in [-0.2, 0) is 6.18 Å². The van der Waals surface area contributed by atoms with E-state index in [1.54, 1.807) is 12.1 Å². The van der Waals surface area contributed by atoms with Crippen LogP contribution in [0.3, 0.4) is 0 Å². The average molecular weight is 505 g/mol. The van der Waals surface area contributed by atoms with Crippen LogP contribution in [0.1, 0.15) is 16.1 Å². The van der Waals surface area contributed by atoms with E-state index in [-0.39, 0.29) is 38.8 Å². The average Bonchev–Trinajstić information content (AvgIpc) is 2.83. The second kappa shape index (κ2) is 9.34. The minimum atomic E-state index is -5.00. The summed E-state index contributed by atoms with van der Waals surface area (Å²) >= 11 is 5.99. The number of carbonyl (C=O) groups excluding carboxylic acids is 1. The molecule has 0 aliphatic carbocycles. The lowest BCUT2D eigenvalue weighted by Gasteiger charge is -2.15. The molecule has 0 atom stereocenters. The van der Waals surface area contributed by atoms with Gasteiger partial charge < -0.3 is 18.6 Å². The van der Waals surface area contributed by atoms with E-state index < -0.39 is 34.5 Å². The number of hydrogen-bond donors (Lipinski definition) is 0. The van der Waals surface area contributed by atoms with Crippen LogP contribution in [0.2, 0.25) is 5.02 Å². The quantitative estimate of drug-likeness (QED) is 0.232. The van der Waals surface area contributed by atoms with Crippen molar-refractivity contribution in [2.75, 3.05) is 14.2 Å². The lowest BCUT2D eigenvalue weighted by molar-refractivity contribution is -0.152. The first-order chi connectivity index (χ1) is 16.6. The predicted octanol–water partition coefficient (Wildman–Crippen LogP) is 6.37. The lowest BCUT2D eigenvalue weighted by Crippen LogP contribution is -2.16. The molecule has 0 N–H and O–H groups in total. The molecule has 180 valence electrons. The Morgan fingerprint density at radius 2 is 1.66 bits per heavy atom. The SMILES string of the molecule is COc1ccc(-c2c(C(F)(F)F)oc3cc(OC(=O)c4ccccc4Cl)ccc3c2=O)cc1OC. The monoisotopic (exact) mass is 504 g/mol. The molecule has 0 saturated heterocycles. The summed E-state index contributed by atoms with van der Waals surface area (Å²) in [6, 6.07) is 13.6. The molecule has 0 amide bonds. The van der Waals surface area contributed by atoms with Gasteiger partial charge in [-0.2, -0.15) is 13.2 Å². The van der Waals surface area contributed by atoms with Crippen molar-refractivity contribution in [3.63, 3.8) is 0 Å². The summed E-state index contributed by atoms with van der Waals surface area (Å²) in [4.78, 5) is 25.6. The Morgan fingerprint density at radius 3 is 2.31 bits per heavy atom. The molecule has 10 heteroatoms. The van der Waals surface area contributed by atoms with Crippen LogP contribution in [0, 0.1) is 0 Å². The van der Waals surface area contributed by atoms with Crippen LogP contribution in [0.5, 0.6) is 17.2 Å². The third kappa shape index (κ3) is 4.67. The molecule has 4 aromatic rings. The van der Waals surface area contributed by atoms with E-state index in [4.69, 9.17) is 30.2 Å². The van der Waals surface area contributed by atoms with Crippen molar-refractivity contribution < 1.29 is 36.6 Å². The van der Waals surface area contributed by atoms with Gasteiger partial charge in [0.2, 0.25) is 11.2 Å². The van der Waals surface area contributed by atoms with Gasteiger partial charge in [0, 0.05) is 6.07 Å². The normalized spacial score (nSPS) is 11.4. The van der Waals surface area contributed by atoms with Crippen LogP contribution < -0.4 is 19.6 Å². The van der Waals surface area contributed by atoms with Crippen LogP contribution in [0.4, 0.5) is 13.2 Å². The van der Waals surface area contributed by atoms with E-state index in [9.17, 15) is 22.8 Å². The summed E-state index contributed by atoms with van der Waals surface area (Å²) in [5.74, 6) is -2.04. The van der Waals surface area contributed by atoms with E-state index in [2.05, 4.69) is 0 Å². The van der Waals surface area contributed by atoms with Gasteiger partial charge in [-0.3, -0.25) is 4.79 Å². The zero-order valence-electron chi connectivity index (χ0n) is 18.2. The first kappa shape index (κ1) is 24.2. The predicted molar refractivity (Wildman–Crippen MR) is 122 cm³/mol. The lowest BCUT2D eigenvalue weighted by atomic mass is 10.0. The molecule has 0 saturated carbocycles. The Bertz CT molecular complexity index is 1490. The zero-order chi connectivity index (χ0) is 25.3. The number of benzene rings is 3. The largest absolute Gasteiger partial charge is 0.493 e. The Morgan fingerprint density at radius 1 is 0.943 bits per heavy atom. The second-order valence-electron chi connectivity index (χ2n) is 7.23. The molecule has 0 spiro atoms. The van der Waals surface area contributed by atoms with Gasteiger partial charge in [-0.15, -0.1) is 0 Å². The highest BCUT2D eigenvalue weighted by molar-refractivity contribution is 6.33. The molecular weight excluding hydrogens is 489 g/mol. The third-order valence-electron chi connectivity index (χ3n) is 5.10. The Hall–Kier alpha value is -3.98. The van der Waals surface area contributed by atoms with Crippen LogP contribution in [-0.4, -0.2) is 20.2 Å². The Labute approximate surface area is 201 Å². The molecule has 6 nitrogen and oxygen atoms in total. The minimum absolute atomic E-state index is 0.0653. The Balaban J connectivity index is 1.85. The molecule has 1 heterocycles. The van der Waals surface area contributed by atoms with E-state index in [0.29, 0.717) is 0 Å². The van der Waals surface area contributed by atoms with E-state index in [1.165, 1.54) is 56.7 Å². The molecule has 0 aliphatic rings. The van der Waals surface area contributed by atoms with Crippen molar-refractivity contribution in [2.45, 2.75) is 6.18 Å². The van der Waals surface area contributed by atoms with E-state index in [0.717, 1.165) is 6.07 Å². The molecule has 0 fully saturated rings. The number of esters is 1. The second-order valence-corrected chi connectivity index (χ2v) is 7.64. The van der Waals surface area contributed by atoms with Crippen molar-refractivity contribution in [2.24, 2.45) is 0 Å². The molecule has 35 heavy (non-hydrogen) atoms. The zero-order valence-corrected chi connectivity index (χ0v) is 19.0. The van der Waals surface area contributed by atoms with Crippen molar-refractivity contribution in [3.05, 3.63) is 87.2 Å². The van der Waals surface area contributed by atoms with E-state index >= 15 is 0 Å². The summed E-state index contributed by atoms with van der Waals surface area (Å²) in [5.41, 5.74) is -2.02. The maximum absolute atomic E-state index is 14.0. The summed E-state index contributed by atoms with van der Waals surface area (Å²) in [5, 5.41) is 0.00377. The number of alkyl halides is 3. The number of rotatable bonds is 5. The molecule has 0 bridgehead atoms. The van der Waals surface area contributed by atoms with Crippen molar-refractivity contribution in [1.82, 2.24) is 0 Å². The molecule has 3 aromatic carbocycles. The first-order valence-corrected chi connectivity index (χ1v) is 10.4. The summed E-state index contributed by atoms with van der Waals surface area (Å²) in [6.45, 7) is 0. The van der Waals surface area contributed by atoms with Crippen LogP contribution in [0.15, 0.2) is 69.9 Å². The minimum Gasteiger partial charge on any atom is -0.493 e. The van der Waals surface area contributed by atoms with Gasteiger partial charge in [0.15, 0.2) is 11.5 Å². The fourth-order valence-corrected chi connectivity index (χ4v) is 3.69. The molecule has 0 aliphatic heterocycles. The number of fused-ring (bicyclic) bond motifs is 1. The number of methoxy groups -OCH3 is 2. The van der Waals surface area contributed by atoms with Gasteiger partial charge in [-0.25, -0.2) is 4.79 Å². The number of ether oxygens (including phenoxy) is 3. The van der Waals surface area contributed by atoms with Gasteiger partial charge in [0.25, 0.3) is 0 Å². The van der Waals surface area contributed by atoms with E-state index in [1.807, 2.05) is 0 Å². The highest BCUT2D eigenvalue weighted by Gasteiger charge is 2.39.